The largest absolute Gasteiger partial charge is 0.465 e. The molecule has 0 aliphatic carbocycles. The zero-order chi connectivity index (χ0) is 16.4. The Morgan fingerprint density at radius 1 is 1.43 bits per heavy atom. The van der Waals surface area contributed by atoms with Crippen molar-refractivity contribution in [2.24, 2.45) is 0 Å². The van der Waals surface area contributed by atoms with Gasteiger partial charge in [-0.1, -0.05) is 6.07 Å². The van der Waals surface area contributed by atoms with Crippen LogP contribution in [0.2, 0.25) is 0 Å². The summed E-state index contributed by atoms with van der Waals surface area (Å²) in [5.41, 5.74) is 0.575. The molecule has 0 saturated carbocycles. The number of carbonyl (C=O) groups is 1. The first-order valence-electron chi connectivity index (χ1n) is 7.28. The lowest BCUT2D eigenvalue weighted by molar-refractivity contribution is -0.385. The first-order chi connectivity index (χ1) is 11.1. The molecule has 1 aromatic carbocycles. The molecule has 1 aromatic heterocycles. The summed E-state index contributed by atoms with van der Waals surface area (Å²) in [6.07, 6.45) is 2.08. The lowest BCUT2D eigenvalue weighted by atomic mass is 10.1. The van der Waals surface area contributed by atoms with Gasteiger partial charge in [0.2, 0.25) is 0 Å². The molecule has 1 aliphatic rings. The van der Waals surface area contributed by atoms with Gasteiger partial charge in [-0.25, -0.2) is 4.79 Å². The van der Waals surface area contributed by atoms with Crippen LogP contribution in [-0.4, -0.2) is 24.5 Å². The average Bonchev–Trinajstić information content (AvgIpc) is 3.23. The summed E-state index contributed by atoms with van der Waals surface area (Å²) in [6.45, 7) is 0.862. The van der Waals surface area contributed by atoms with Gasteiger partial charge in [-0.05, 0) is 36.4 Å². The highest BCUT2D eigenvalue weighted by Crippen LogP contribution is 2.39. The van der Waals surface area contributed by atoms with E-state index in [9.17, 15) is 14.9 Å². The van der Waals surface area contributed by atoms with Crippen LogP contribution in [0.1, 0.15) is 34.1 Å². The number of nitro benzene ring substituents is 1. The topological polar surface area (TPSA) is 72.7 Å². The van der Waals surface area contributed by atoms with E-state index in [1.807, 2.05) is 11.4 Å². The Balaban J connectivity index is 1.99. The fraction of sp³-hybridized carbons (Fsp3) is 0.312. The maximum absolute atomic E-state index is 11.9. The van der Waals surface area contributed by atoms with Crippen molar-refractivity contribution in [1.82, 2.24) is 0 Å². The van der Waals surface area contributed by atoms with Gasteiger partial charge >= 0.3 is 5.97 Å². The molecule has 0 bridgehead atoms. The minimum Gasteiger partial charge on any atom is -0.465 e. The zero-order valence-corrected chi connectivity index (χ0v) is 13.4. The van der Waals surface area contributed by atoms with Gasteiger partial charge in [-0.3, -0.25) is 10.1 Å². The molecule has 120 valence electrons. The molecule has 2 heterocycles. The molecule has 3 rings (SSSR count). The smallest absolute Gasteiger partial charge is 0.344 e. The minimum absolute atomic E-state index is 0.00757. The predicted octanol–water partition coefficient (Wildman–Crippen LogP) is 3.78. The van der Waals surface area contributed by atoms with Gasteiger partial charge in [0.05, 0.1) is 18.1 Å². The summed E-state index contributed by atoms with van der Waals surface area (Å²) < 4.78 is 4.68. The third-order valence-corrected chi connectivity index (χ3v) is 5.01. The number of nitro groups is 1. The van der Waals surface area contributed by atoms with E-state index in [0.717, 1.165) is 25.1 Å². The number of benzene rings is 1. The van der Waals surface area contributed by atoms with Gasteiger partial charge in [0, 0.05) is 23.2 Å². The highest BCUT2D eigenvalue weighted by Gasteiger charge is 2.29. The van der Waals surface area contributed by atoms with Crippen molar-refractivity contribution in [3.63, 3.8) is 0 Å². The predicted molar refractivity (Wildman–Crippen MR) is 88.1 cm³/mol. The molecular formula is C16H16N2O4S. The van der Waals surface area contributed by atoms with Crippen LogP contribution in [0.25, 0.3) is 0 Å². The molecule has 2 aromatic rings. The number of esters is 1. The number of thiophene rings is 1. The molecule has 1 aliphatic heterocycles. The molecule has 0 N–H and O–H groups in total. The Hall–Kier alpha value is -2.41. The van der Waals surface area contributed by atoms with Crippen molar-refractivity contribution < 1.29 is 14.5 Å². The van der Waals surface area contributed by atoms with Crippen molar-refractivity contribution >= 4 is 28.7 Å². The van der Waals surface area contributed by atoms with Gasteiger partial charge in [0.15, 0.2) is 0 Å². The second-order valence-corrected chi connectivity index (χ2v) is 6.30. The number of nitrogens with zero attached hydrogens (tertiary/aromatic N) is 2. The molecule has 1 saturated heterocycles. The van der Waals surface area contributed by atoms with Crippen LogP contribution in [0.3, 0.4) is 0 Å². The second kappa shape index (κ2) is 6.37. The van der Waals surface area contributed by atoms with E-state index in [1.165, 1.54) is 18.1 Å². The Morgan fingerprint density at radius 2 is 2.26 bits per heavy atom. The zero-order valence-electron chi connectivity index (χ0n) is 12.6. The first-order valence-corrected chi connectivity index (χ1v) is 8.16. The summed E-state index contributed by atoms with van der Waals surface area (Å²) in [7, 11) is 1.23. The minimum atomic E-state index is -0.689. The van der Waals surface area contributed by atoms with Crippen LogP contribution in [-0.2, 0) is 4.74 Å². The van der Waals surface area contributed by atoms with Crippen LogP contribution in [0.4, 0.5) is 11.4 Å². The van der Waals surface area contributed by atoms with Crippen molar-refractivity contribution in [3.8, 4) is 0 Å². The Labute approximate surface area is 137 Å². The van der Waals surface area contributed by atoms with Crippen molar-refractivity contribution in [1.29, 1.82) is 0 Å². The number of anilines is 1. The molecule has 23 heavy (non-hydrogen) atoms. The molecular weight excluding hydrogens is 316 g/mol. The summed E-state index contributed by atoms with van der Waals surface area (Å²) in [5, 5.41) is 13.2. The van der Waals surface area contributed by atoms with Gasteiger partial charge in [0.1, 0.15) is 5.56 Å². The SMILES string of the molecule is COC(=O)c1cc(N2CCCC2c2cccs2)ccc1[N+](=O)[O-]. The fourth-order valence-electron chi connectivity index (χ4n) is 2.99. The first kappa shape index (κ1) is 15.5. The molecule has 1 unspecified atom stereocenters. The van der Waals surface area contributed by atoms with Crippen molar-refractivity contribution in [3.05, 3.63) is 56.3 Å². The number of rotatable bonds is 4. The highest BCUT2D eigenvalue weighted by atomic mass is 32.1. The Bertz CT molecular complexity index is 730. The molecule has 0 spiro atoms. The lowest BCUT2D eigenvalue weighted by Gasteiger charge is -2.26. The monoisotopic (exact) mass is 332 g/mol. The summed E-state index contributed by atoms with van der Waals surface area (Å²) >= 11 is 1.70. The van der Waals surface area contributed by atoms with Gasteiger partial charge in [0.25, 0.3) is 5.69 Å². The van der Waals surface area contributed by atoms with E-state index in [2.05, 4.69) is 15.7 Å². The second-order valence-electron chi connectivity index (χ2n) is 5.32. The van der Waals surface area contributed by atoms with Crippen LogP contribution in [0, 0.1) is 10.1 Å². The number of hydrogen-bond acceptors (Lipinski definition) is 6. The van der Waals surface area contributed by atoms with Crippen molar-refractivity contribution in [2.75, 3.05) is 18.6 Å². The van der Waals surface area contributed by atoms with Gasteiger partial charge in [-0.15, -0.1) is 11.3 Å². The fourth-order valence-corrected chi connectivity index (χ4v) is 3.86. The van der Waals surface area contributed by atoms with Crippen LogP contribution >= 0.6 is 11.3 Å². The quantitative estimate of drug-likeness (QED) is 0.484. The van der Waals surface area contributed by atoms with E-state index in [1.54, 1.807) is 23.5 Å². The summed E-state index contributed by atoms with van der Waals surface area (Å²) in [5.74, 6) is -0.689. The normalized spacial score (nSPS) is 17.3. The number of carbonyl (C=O) groups excluding carboxylic acids is 1. The Kier molecular flexibility index (Phi) is 4.29. The van der Waals surface area contributed by atoms with E-state index in [-0.39, 0.29) is 17.3 Å². The van der Waals surface area contributed by atoms with Gasteiger partial charge < -0.3 is 9.64 Å². The molecule has 1 fully saturated rings. The maximum atomic E-state index is 11.9. The number of methoxy groups -OCH3 is 1. The van der Waals surface area contributed by atoms with Crippen molar-refractivity contribution in [2.45, 2.75) is 18.9 Å². The van der Waals surface area contributed by atoms with Crippen LogP contribution < -0.4 is 4.90 Å². The molecule has 6 nitrogen and oxygen atoms in total. The van der Waals surface area contributed by atoms with Crippen LogP contribution in [0.5, 0.6) is 0 Å². The van der Waals surface area contributed by atoms with Gasteiger partial charge in [-0.2, -0.15) is 0 Å². The Morgan fingerprint density at radius 3 is 2.91 bits per heavy atom. The van der Waals surface area contributed by atoms with E-state index in [0.29, 0.717) is 0 Å². The highest BCUT2D eigenvalue weighted by molar-refractivity contribution is 7.10. The standard InChI is InChI=1S/C16H16N2O4S/c1-22-16(19)12-10-11(6-7-13(12)18(20)21)17-8-2-4-14(17)15-5-3-9-23-15/h3,5-7,9-10,14H,2,4,8H2,1H3. The molecule has 0 radical (unpaired) electrons. The summed E-state index contributed by atoms with van der Waals surface area (Å²) in [4.78, 5) is 25.9. The lowest BCUT2D eigenvalue weighted by Crippen LogP contribution is -2.22. The summed E-state index contributed by atoms with van der Waals surface area (Å²) in [6, 6.07) is 9.02. The van der Waals surface area contributed by atoms with E-state index in [4.69, 9.17) is 0 Å². The third kappa shape index (κ3) is 2.92. The van der Waals surface area contributed by atoms with Crippen LogP contribution in [0.15, 0.2) is 35.7 Å². The maximum Gasteiger partial charge on any atom is 0.344 e. The van der Waals surface area contributed by atoms with E-state index >= 15 is 0 Å². The molecule has 1 atom stereocenters. The number of hydrogen-bond donors (Lipinski definition) is 0. The number of ether oxygens (including phenoxy) is 1. The molecule has 7 heteroatoms. The average molecular weight is 332 g/mol. The van der Waals surface area contributed by atoms with E-state index < -0.39 is 10.9 Å². The molecule has 0 amide bonds. The third-order valence-electron chi connectivity index (χ3n) is 4.04.